The van der Waals surface area contributed by atoms with Crippen LogP contribution < -0.4 is 0 Å². The van der Waals surface area contributed by atoms with Crippen LogP contribution in [0.3, 0.4) is 0 Å². The summed E-state index contributed by atoms with van der Waals surface area (Å²) in [5.41, 5.74) is 0. The fraction of sp³-hybridized carbons (Fsp3) is 0.625. The van der Waals surface area contributed by atoms with Gasteiger partial charge in [0.15, 0.2) is 5.89 Å². The minimum Gasteiger partial charge on any atom is -0.446 e. The van der Waals surface area contributed by atoms with Crippen molar-refractivity contribution in [2.45, 2.75) is 26.2 Å². The van der Waals surface area contributed by atoms with Crippen molar-refractivity contribution >= 4 is 0 Å². The van der Waals surface area contributed by atoms with Crippen LogP contribution in [0.1, 0.15) is 25.0 Å². The van der Waals surface area contributed by atoms with Crippen molar-refractivity contribution in [1.82, 2.24) is 4.98 Å². The van der Waals surface area contributed by atoms with Crippen LogP contribution in [-0.2, 0) is 12.8 Å². The Labute approximate surface area is 66.1 Å². The predicted octanol–water partition coefficient (Wildman–Crippen LogP) is 1.16. The molecule has 0 aliphatic carbocycles. The molecule has 1 rings (SSSR count). The van der Waals surface area contributed by atoms with Gasteiger partial charge in [-0.3, -0.25) is 0 Å². The fourth-order valence-corrected chi connectivity index (χ4v) is 0.857. The average Bonchev–Trinajstić information content (AvgIpc) is 2.48. The minimum atomic E-state index is 0.198. The Balaban J connectivity index is 2.44. The quantitative estimate of drug-likeness (QED) is 0.709. The Hall–Kier alpha value is -0.830. The Bertz CT molecular complexity index is 208. The van der Waals surface area contributed by atoms with Crippen LogP contribution in [0.2, 0.25) is 0 Å². The number of hydrogen-bond donors (Lipinski definition) is 1. The van der Waals surface area contributed by atoms with Crippen molar-refractivity contribution in [2.75, 3.05) is 6.61 Å². The number of aryl methyl sites for hydroxylation is 2. The summed E-state index contributed by atoms with van der Waals surface area (Å²) < 4.78 is 5.31. The summed E-state index contributed by atoms with van der Waals surface area (Å²) in [5.74, 6) is 1.65. The fourth-order valence-electron chi connectivity index (χ4n) is 0.857. The van der Waals surface area contributed by atoms with Crippen LogP contribution >= 0.6 is 0 Å². The molecule has 3 heteroatoms. The van der Waals surface area contributed by atoms with Crippen molar-refractivity contribution in [2.24, 2.45) is 0 Å². The Morgan fingerprint density at radius 1 is 1.64 bits per heavy atom. The molecule has 0 bridgehead atoms. The maximum Gasteiger partial charge on any atom is 0.194 e. The molecule has 0 aliphatic heterocycles. The van der Waals surface area contributed by atoms with E-state index < -0.39 is 0 Å². The van der Waals surface area contributed by atoms with E-state index in [1.54, 1.807) is 6.20 Å². The molecular formula is C8H13NO2. The predicted molar refractivity (Wildman–Crippen MR) is 41.3 cm³/mol. The lowest BCUT2D eigenvalue weighted by atomic mass is 10.3. The third-order valence-electron chi connectivity index (χ3n) is 1.50. The molecule has 0 amide bonds. The van der Waals surface area contributed by atoms with Gasteiger partial charge in [-0.2, -0.15) is 0 Å². The van der Waals surface area contributed by atoms with Crippen molar-refractivity contribution in [3.05, 3.63) is 17.8 Å². The number of aliphatic hydroxyl groups excluding tert-OH is 1. The van der Waals surface area contributed by atoms with Gasteiger partial charge in [0.2, 0.25) is 0 Å². The van der Waals surface area contributed by atoms with E-state index in [2.05, 4.69) is 4.98 Å². The number of aromatic nitrogens is 1. The minimum absolute atomic E-state index is 0.198. The van der Waals surface area contributed by atoms with Crippen LogP contribution in [0.4, 0.5) is 0 Å². The van der Waals surface area contributed by atoms with E-state index in [-0.39, 0.29) is 6.61 Å². The third-order valence-corrected chi connectivity index (χ3v) is 1.50. The third kappa shape index (κ3) is 2.35. The van der Waals surface area contributed by atoms with E-state index in [1.807, 2.05) is 6.92 Å². The summed E-state index contributed by atoms with van der Waals surface area (Å²) in [6, 6.07) is 0. The van der Waals surface area contributed by atoms with E-state index >= 15 is 0 Å². The molecule has 0 unspecified atom stereocenters. The SMILES string of the molecule is CCc1cnc(CCCO)o1. The first kappa shape index (κ1) is 8.27. The largest absolute Gasteiger partial charge is 0.446 e. The van der Waals surface area contributed by atoms with Gasteiger partial charge in [-0.05, 0) is 6.42 Å². The molecule has 0 spiro atoms. The summed E-state index contributed by atoms with van der Waals surface area (Å²) in [6.45, 7) is 2.22. The van der Waals surface area contributed by atoms with Crippen LogP contribution in [0.15, 0.2) is 10.6 Å². The van der Waals surface area contributed by atoms with Crippen molar-refractivity contribution < 1.29 is 9.52 Å². The zero-order chi connectivity index (χ0) is 8.10. The van der Waals surface area contributed by atoms with E-state index in [9.17, 15) is 0 Å². The Morgan fingerprint density at radius 2 is 2.45 bits per heavy atom. The zero-order valence-corrected chi connectivity index (χ0v) is 6.71. The van der Waals surface area contributed by atoms with Crippen LogP contribution in [0.5, 0.6) is 0 Å². The van der Waals surface area contributed by atoms with E-state index in [4.69, 9.17) is 9.52 Å². The lowest BCUT2D eigenvalue weighted by molar-refractivity contribution is 0.282. The maximum absolute atomic E-state index is 8.52. The Kier molecular flexibility index (Phi) is 3.11. The monoisotopic (exact) mass is 155 g/mol. The number of hydrogen-bond acceptors (Lipinski definition) is 3. The first-order valence-electron chi connectivity index (χ1n) is 3.91. The molecule has 0 saturated heterocycles. The van der Waals surface area contributed by atoms with Crippen molar-refractivity contribution in [3.63, 3.8) is 0 Å². The molecule has 1 aromatic rings. The zero-order valence-electron chi connectivity index (χ0n) is 6.71. The normalized spacial score (nSPS) is 10.4. The molecule has 3 nitrogen and oxygen atoms in total. The molecule has 0 aromatic carbocycles. The van der Waals surface area contributed by atoms with E-state index in [0.29, 0.717) is 0 Å². The second kappa shape index (κ2) is 4.13. The summed E-state index contributed by atoms with van der Waals surface area (Å²) in [5, 5.41) is 8.52. The summed E-state index contributed by atoms with van der Waals surface area (Å²) in [7, 11) is 0. The van der Waals surface area contributed by atoms with Gasteiger partial charge >= 0.3 is 0 Å². The molecule has 1 aromatic heterocycles. The second-order valence-electron chi connectivity index (χ2n) is 2.40. The topological polar surface area (TPSA) is 46.3 Å². The molecule has 62 valence electrons. The van der Waals surface area contributed by atoms with Crippen molar-refractivity contribution in [1.29, 1.82) is 0 Å². The molecule has 0 saturated carbocycles. The van der Waals surface area contributed by atoms with Gasteiger partial charge in [0.25, 0.3) is 0 Å². The highest BCUT2D eigenvalue weighted by Crippen LogP contribution is 2.05. The lowest BCUT2D eigenvalue weighted by Gasteiger charge is -1.90. The number of oxazole rings is 1. The van der Waals surface area contributed by atoms with E-state index in [1.165, 1.54) is 0 Å². The van der Waals surface area contributed by atoms with E-state index in [0.717, 1.165) is 30.9 Å². The van der Waals surface area contributed by atoms with Gasteiger partial charge in [0, 0.05) is 19.4 Å². The van der Waals surface area contributed by atoms with Gasteiger partial charge in [0.05, 0.1) is 6.20 Å². The van der Waals surface area contributed by atoms with Crippen LogP contribution in [0, 0.1) is 0 Å². The van der Waals surface area contributed by atoms with Gasteiger partial charge < -0.3 is 9.52 Å². The van der Waals surface area contributed by atoms with Gasteiger partial charge in [-0.25, -0.2) is 4.98 Å². The average molecular weight is 155 g/mol. The smallest absolute Gasteiger partial charge is 0.194 e. The van der Waals surface area contributed by atoms with Crippen LogP contribution in [-0.4, -0.2) is 16.7 Å². The molecule has 1 N–H and O–H groups in total. The second-order valence-corrected chi connectivity index (χ2v) is 2.40. The molecular weight excluding hydrogens is 142 g/mol. The first-order chi connectivity index (χ1) is 5.36. The Morgan fingerprint density at radius 3 is 3.00 bits per heavy atom. The molecule has 0 fully saturated rings. The molecule has 11 heavy (non-hydrogen) atoms. The first-order valence-corrected chi connectivity index (χ1v) is 3.91. The molecule has 0 aliphatic rings. The summed E-state index contributed by atoms with van der Waals surface area (Å²) in [4.78, 5) is 4.05. The molecule has 0 radical (unpaired) electrons. The van der Waals surface area contributed by atoms with Gasteiger partial charge in [-0.15, -0.1) is 0 Å². The number of rotatable bonds is 4. The van der Waals surface area contributed by atoms with Gasteiger partial charge in [-0.1, -0.05) is 6.92 Å². The summed E-state index contributed by atoms with van der Waals surface area (Å²) >= 11 is 0. The van der Waals surface area contributed by atoms with Crippen LogP contribution in [0.25, 0.3) is 0 Å². The highest BCUT2D eigenvalue weighted by atomic mass is 16.4. The van der Waals surface area contributed by atoms with Crippen molar-refractivity contribution in [3.8, 4) is 0 Å². The van der Waals surface area contributed by atoms with Gasteiger partial charge in [0.1, 0.15) is 5.76 Å². The highest BCUT2D eigenvalue weighted by molar-refractivity contribution is 4.93. The molecule has 0 atom stereocenters. The summed E-state index contributed by atoms with van der Waals surface area (Å²) in [6.07, 6.45) is 4.08. The molecule has 1 heterocycles. The lowest BCUT2D eigenvalue weighted by Crippen LogP contribution is -1.88. The highest BCUT2D eigenvalue weighted by Gasteiger charge is 2.00. The number of nitrogens with zero attached hydrogens (tertiary/aromatic N) is 1. The number of aliphatic hydroxyl groups is 1. The standard InChI is InChI=1S/C8H13NO2/c1-2-7-6-9-8(11-7)4-3-5-10/h6,10H,2-5H2,1H3. The maximum atomic E-state index is 8.52.